The summed E-state index contributed by atoms with van der Waals surface area (Å²) in [6.07, 6.45) is 4.94. The largest absolute Gasteiger partial charge is 0.103 e. The van der Waals surface area contributed by atoms with Gasteiger partial charge in [-0.25, -0.2) is 0 Å². The quantitative estimate of drug-likeness (QED) is 0.335. The summed E-state index contributed by atoms with van der Waals surface area (Å²) in [4.78, 5) is 0. The van der Waals surface area contributed by atoms with Crippen molar-refractivity contribution in [2.24, 2.45) is 0 Å². The standard InChI is InChI=1S/C24H38Cl2Si6/c1-29(2)27(19-17-21-9-13-23(25)14-10-21)31(5,6)32(7,8)28(30(29,3)4)20-18-22-11-15-24(26)16-12-22/h9-20,27-28H,1-8H3/b19-17+,20-18+. The van der Waals surface area contributed by atoms with E-state index >= 15 is 0 Å². The molecule has 0 saturated carbocycles. The molecule has 0 unspecified atom stereocenters. The van der Waals surface area contributed by atoms with Gasteiger partial charge >= 0.3 is 0 Å². The van der Waals surface area contributed by atoms with Crippen molar-refractivity contribution in [2.45, 2.75) is 52.4 Å². The highest BCUT2D eigenvalue weighted by Gasteiger charge is 2.67. The van der Waals surface area contributed by atoms with Crippen molar-refractivity contribution in [2.75, 3.05) is 0 Å². The van der Waals surface area contributed by atoms with Gasteiger partial charge in [-0.05, 0) is 35.4 Å². The van der Waals surface area contributed by atoms with Crippen LogP contribution in [0.2, 0.25) is 62.4 Å². The van der Waals surface area contributed by atoms with E-state index in [2.05, 4.69) is 100 Å². The number of halogens is 2. The van der Waals surface area contributed by atoms with Gasteiger partial charge in [0.2, 0.25) is 0 Å². The molecule has 8 heteroatoms. The molecule has 2 aromatic carbocycles. The summed E-state index contributed by atoms with van der Waals surface area (Å²) >= 11 is 12.2. The average molecular weight is 566 g/mol. The topological polar surface area (TPSA) is 0 Å². The van der Waals surface area contributed by atoms with Crippen LogP contribution in [0.1, 0.15) is 11.1 Å². The lowest BCUT2D eigenvalue weighted by atomic mass is 10.2. The summed E-state index contributed by atoms with van der Waals surface area (Å²) in [7, 11) is -7.08. The van der Waals surface area contributed by atoms with E-state index in [-0.39, 0.29) is 0 Å². The fourth-order valence-electron chi connectivity index (χ4n) is 5.93. The second kappa shape index (κ2) is 9.45. The van der Waals surface area contributed by atoms with Crippen molar-refractivity contribution in [3.8, 4) is 0 Å². The molecule has 32 heavy (non-hydrogen) atoms. The van der Waals surface area contributed by atoms with Crippen LogP contribution < -0.4 is 0 Å². The highest BCUT2D eigenvalue weighted by atomic mass is 35.5. The molecule has 0 atom stereocenters. The Bertz CT molecular complexity index is 896. The van der Waals surface area contributed by atoms with E-state index in [1.54, 1.807) is 0 Å². The van der Waals surface area contributed by atoms with Crippen LogP contribution in [-0.4, -0.2) is 44.1 Å². The maximum atomic E-state index is 6.12. The summed E-state index contributed by atoms with van der Waals surface area (Å²) in [6.45, 7) is 22.4. The van der Waals surface area contributed by atoms with Crippen LogP contribution >= 0.6 is 23.2 Å². The predicted octanol–water partition coefficient (Wildman–Crippen LogP) is 7.57. The first-order valence-corrected chi connectivity index (χ1v) is 34.9. The molecule has 0 aliphatic carbocycles. The van der Waals surface area contributed by atoms with E-state index in [1.165, 1.54) is 11.1 Å². The van der Waals surface area contributed by atoms with Crippen LogP contribution in [0.15, 0.2) is 59.9 Å². The number of hydrogen-bond donors (Lipinski definition) is 0. The van der Waals surface area contributed by atoms with Gasteiger partial charge in [-0.15, -0.1) is 11.4 Å². The molecule has 1 aliphatic heterocycles. The molecular formula is C24H38Cl2Si6. The average Bonchev–Trinajstić information content (AvgIpc) is 2.69. The zero-order chi connectivity index (χ0) is 23.9. The van der Waals surface area contributed by atoms with Gasteiger partial charge in [0.05, 0.1) is 0 Å². The van der Waals surface area contributed by atoms with Crippen LogP contribution in [0, 0.1) is 0 Å². The van der Waals surface area contributed by atoms with Gasteiger partial charge in [-0.2, -0.15) is 0 Å². The maximum Gasteiger partial charge on any atom is 0.0452 e. The van der Waals surface area contributed by atoms with Crippen molar-refractivity contribution in [3.05, 3.63) is 81.1 Å². The minimum Gasteiger partial charge on any atom is -0.103 e. The molecule has 1 fully saturated rings. The van der Waals surface area contributed by atoms with Gasteiger partial charge in [0.25, 0.3) is 0 Å². The third-order valence-electron chi connectivity index (χ3n) is 9.13. The molecule has 0 aromatic heterocycles. The van der Waals surface area contributed by atoms with Crippen molar-refractivity contribution in [1.29, 1.82) is 0 Å². The molecular weight excluding hydrogens is 528 g/mol. The summed E-state index contributed by atoms with van der Waals surface area (Å²) in [5.41, 5.74) is 8.24. The lowest BCUT2D eigenvalue weighted by Gasteiger charge is -2.64. The van der Waals surface area contributed by atoms with E-state index < -0.39 is 44.1 Å². The highest BCUT2D eigenvalue weighted by molar-refractivity contribution is 8.09. The molecule has 0 N–H and O–H groups in total. The summed E-state index contributed by atoms with van der Waals surface area (Å²) < 4.78 is 0. The van der Waals surface area contributed by atoms with Gasteiger partial charge < -0.3 is 0 Å². The number of rotatable bonds is 4. The maximum absolute atomic E-state index is 6.12. The van der Waals surface area contributed by atoms with Crippen molar-refractivity contribution < 1.29 is 0 Å². The lowest BCUT2D eigenvalue weighted by Crippen LogP contribution is -2.92. The van der Waals surface area contributed by atoms with E-state index in [1.807, 2.05) is 24.3 Å². The zero-order valence-electron chi connectivity index (χ0n) is 20.8. The zero-order valence-corrected chi connectivity index (χ0v) is 28.7. The Labute approximate surface area is 211 Å². The number of benzene rings is 2. The monoisotopic (exact) mass is 564 g/mol. The first-order valence-electron chi connectivity index (χ1n) is 11.6. The van der Waals surface area contributed by atoms with Crippen LogP contribution in [0.3, 0.4) is 0 Å². The van der Waals surface area contributed by atoms with Gasteiger partial charge in [0, 0.05) is 54.1 Å². The van der Waals surface area contributed by atoms with Crippen LogP contribution in [-0.2, 0) is 0 Å². The Kier molecular flexibility index (Phi) is 7.80. The third-order valence-corrected chi connectivity index (χ3v) is 145. The minimum absolute atomic E-state index is 0.824. The Morgan fingerprint density at radius 1 is 0.500 bits per heavy atom. The lowest BCUT2D eigenvalue weighted by molar-refractivity contribution is 1.66. The minimum atomic E-state index is -1.30. The summed E-state index contributed by atoms with van der Waals surface area (Å²) in [5, 5.41) is 1.65. The van der Waals surface area contributed by atoms with Crippen molar-refractivity contribution >= 4 is 79.5 Å². The molecule has 3 rings (SSSR count). The van der Waals surface area contributed by atoms with Gasteiger partial charge in [0.15, 0.2) is 0 Å². The van der Waals surface area contributed by atoms with Crippen LogP contribution in [0.25, 0.3) is 12.2 Å². The Balaban J connectivity index is 2.02. The third kappa shape index (κ3) is 4.80. The summed E-state index contributed by atoms with van der Waals surface area (Å²) in [6, 6.07) is 16.8. The normalized spacial score (nSPS) is 25.9. The molecule has 1 saturated heterocycles. The molecule has 0 spiro atoms. The van der Waals surface area contributed by atoms with Gasteiger partial charge in [-0.1, -0.05) is 112 Å². The van der Waals surface area contributed by atoms with Gasteiger partial charge in [-0.3, -0.25) is 0 Å². The van der Waals surface area contributed by atoms with Gasteiger partial charge in [0.1, 0.15) is 0 Å². The molecule has 172 valence electrons. The Morgan fingerprint density at radius 2 is 0.750 bits per heavy atom. The molecule has 2 aromatic rings. The Hall–Kier alpha value is -0.199. The fourth-order valence-corrected chi connectivity index (χ4v) is 232. The van der Waals surface area contributed by atoms with E-state index in [0.717, 1.165) is 10.0 Å². The smallest absolute Gasteiger partial charge is 0.0452 e. The van der Waals surface area contributed by atoms with Crippen molar-refractivity contribution in [1.82, 2.24) is 0 Å². The molecule has 0 bridgehead atoms. The number of hydrogen-bond acceptors (Lipinski definition) is 0. The van der Waals surface area contributed by atoms with E-state index in [9.17, 15) is 0 Å². The van der Waals surface area contributed by atoms with E-state index in [0.29, 0.717) is 0 Å². The second-order valence-electron chi connectivity index (χ2n) is 11.7. The van der Waals surface area contributed by atoms with E-state index in [4.69, 9.17) is 23.2 Å². The SMILES string of the molecule is C[Si]1(C)[SiH](/C=C/c2ccc(Cl)cc2)[Si](C)(C)[Si](C)(C)[SiH](/C=C/c2ccc(Cl)cc2)[Si]1(C)C. The predicted molar refractivity (Wildman–Crippen MR) is 165 cm³/mol. The van der Waals surface area contributed by atoms with Crippen LogP contribution in [0.4, 0.5) is 0 Å². The van der Waals surface area contributed by atoms with Crippen LogP contribution in [0.5, 0.6) is 0 Å². The van der Waals surface area contributed by atoms with Crippen molar-refractivity contribution in [3.63, 3.8) is 0 Å². The fraction of sp³-hybridized carbons (Fsp3) is 0.333. The highest BCUT2D eigenvalue weighted by Crippen LogP contribution is 2.42. The first-order chi connectivity index (χ1) is 14.7. The molecule has 0 nitrogen and oxygen atoms in total. The second-order valence-corrected chi connectivity index (χ2v) is 79.6. The first kappa shape index (κ1) is 26.4. The molecule has 1 heterocycles. The molecule has 0 radical (unpaired) electrons. The molecule has 1 aliphatic rings. The Morgan fingerprint density at radius 3 is 1.00 bits per heavy atom. The summed E-state index contributed by atoms with van der Waals surface area (Å²) in [5.74, 6) is 0. The molecule has 0 amide bonds.